The van der Waals surface area contributed by atoms with Crippen LogP contribution in [-0.2, 0) is 33.6 Å². The second kappa shape index (κ2) is 17.0. The molecule has 1 saturated heterocycles. The summed E-state index contributed by atoms with van der Waals surface area (Å²) in [5.74, 6) is -7.64. The number of nitrogens with two attached hydrogens (primary N) is 2. The van der Waals surface area contributed by atoms with Gasteiger partial charge in [0.25, 0.3) is 0 Å². The van der Waals surface area contributed by atoms with E-state index < -0.39 is 84.0 Å². The third kappa shape index (κ3) is 14.5. The third-order valence-corrected chi connectivity index (χ3v) is 6.67. The summed E-state index contributed by atoms with van der Waals surface area (Å²) in [4.78, 5) is 91.0. The number of hydrogen-bond acceptors (Lipinski definition) is 9. The summed E-state index contributed by atoms with van der Waals surface area (Å²) >= 11 is 0.857. The van der Waals surface area contributed by atoms with E-state index in [1.165, 1.54) is 0 Å². The lowest BCUT2D eigenvalue weighted by molar-refractivity contribution is -0.143. The first-order valence-electron chi connectivity index (χ1n) is 13.0. The highest BCUT2D eigenvalue weighted by molar-refractivity contribution is 8.00. The Morgan fingerprint density at radius 2 is 1.52 bits per heavy atom. The van der Waals surface area contributed by atoms with E-state index in [0.29, 0.717) is 0 Å². The zero-order valence-corrected chi connectivity index (χ0v) is 24.5. The van der Waals surface area contributed by atoms with E-state index >= 15 is 0 Å². The van der Waals surface area contributed by atoms with Crippen molar-refractivity contribution >= 4 is 59.2 Å². The SMILES string of the molecule is CC(C)(C)C[C@H]1NC(=O)CSC[C@@H](C(=O)O)NC(=O)[C@H](CC(=O)O)NC(=O)CNC(=O)[C@H](CCCN=C(N)N)NC1=O. The van der Waals surface area contributed by atoms with Crippen LogP contribution in [0.2, 0.25) is 0 Å². The summed E-state index contributed by atoms with van der Waals surface area (Å²) in [5, 5.41) is 30.5. The lowest BCUT2D eigenvalue weighted by atomic mass is 9.87. The minimum atomic E-state index is -1.66. The zero-order chi connectivity index (χ0) is 32.0. The van der Waals surface area contributed by atoms with E-state index in [1.54, 1.807) is 0 Å². The average Bonchev–Trinajstić information content (AvgIpc) is 2.85. The summed E-state index contributed by atoms with van der Waals surface area (Å²) in [6.07, 6.45) is -0.353. The van der Waals surface area contributed by atoms with E-state index in [-0.39, 0.29) is 43.3 Å². The van der Waals surface area contributed by atoms with Gasteiger partial charge >= 0.3 is 11.9 Å². The molecule has 1 aliphatic heterocycles. The van der Waals surface area contributed by atoms with E-state index in [2.05, 4.69) is 31.6 Å². The van der Waals surface area contributed by atoms with Crippen LogP contribution in [0.15, 0.2) is 4.99 Å². The first-order chi connectivity index (χ1) is 19.5. The van der Waals surface area contributed by atoms with Gasteiger partial charge in [-0.25, -0.2) is 4.79 Å². The van der Waals surface area contributed by atoms with Crippen LogP contribution >= 0.6 is 11.8 Å². The highest BCUT2D eigenvalue weighted by atomic mass is 32.2. The van der Waals surface area contributed by atoms with Gasteiger partial charge in [0.1, 0.15) is 24.2 Å². The fraction of sp³-hybridized carbons (Fsp3) is 0.667. The van der Waals surface area contributed by atoms with E-state index in [1.807, 2.05) is 20.8 Å². The molecule has 42 heavy (non-hydrogen) atoms. The van der Waals surface area contributed by atoms with Gasteiger partial charge in [-0.15, -0.1) is 11.8 Å². The second-order valence-corrected chi connectivity index (χ2v) is 11.8. The van der Waals surface area contributed by atoms with E-state index in [4.69, 9.17) is 11.5 Å². The molecule has 0 saturated carbocycles. The first-order valence-corrected chi connectivity index (χ1v) is 14.2. The quantitative estimate of drug-likeness (QED) is 0.0742. The van der Waals surface area contributed by atoms with Crippen LogP contribution in [0.1, 0.15) is 46.5 Å². The lowest BCUT2D eigenvalue weighted by Crippen LogP contribution is -2.57. The molecule has 17 nitrogen and oxygen atoms in total. The smallest absolute Gasteiger partial charge is 0.327 e. The van der Waals surface area contributed by atoms with E-state index in [0.717, 1.165) is 11.8 Å². The molecule has 0 radical (unpaired) electrons. The predicted octanol–water partition coefficient (Wildman–Crippen LogP) is -3.16. The molecule has 1 fully saturated rings. The second-order valence-electron chi connectivity index (χ2n) is 10.7. The van der Waals surface area contributed by atoms with Gasteiger partial charge in [0.2, 0.25) is 29.5 Å². The number of carbonyl (C=O) groups is 7. The molecule has 0 aliphatic carbocycles. The van der Waals surface area contributed by atoms with Crippen molar-refractivity contribution in [1.82, 2.24) is 26.6 Å². The van der Waals surface area contributed by atoms with Crippen molar-refractivity contribution < 1.29 is 43.8 Å². The topological polar surface area (TPSA) is 284 Å². The fourth-order valence-corrected chi connectivity index (χ4v) is 4.59. The summed E-state index contributed by atoms with van der Waals surface area (Å²) in [5.41, 5.74) is 10.2. The highest BCUT2D eigenvalue weighted by Crippen LogP contribution is 2.21. The van der Waals surface area contributed by atoms with Gasteiger partial charge in [-0.2, -0.15) is 0 Å². The Kier molecular flexibility index (Phi) is 14.5. The molecule has 5 amide bonds. The van der Waals surface area contributed by atoms with Crippen molar-refractivity contribution in [2.75, 3.05) is 24.6 Å². The average molecular weight is 617 g/mol. The van der Waals surface area contributed by atoms with Crippen LogP contribution in [0.3, 0.4) is 0 Å². The van der Waals surface area contributed by atoms with Crippen LogP contribution in [0.25, 0.3) is 0 Å². The molecule has 0 aromatic carbocycles. The molecule has 11 N–H and O–H groups in total. The fourth-order valence-electron chi connectivity index (χ4n) is 3.74. The number of guanidine groups is 1. The Hall–Kier alpha value is -4.09. The molecule has 1 heterocycles. The largest absolute Gasteiger partial charge is 0.481 e. The zero-order valence-electron chi connectivity index (χ0n) is 23.7. The number of aliphatic carboxylic acids is 2. The van der Waals surface area contributed by atoms with Crippen LogP contribution in [-0.4, -0.2) is 106 Å². The summed E-state index contributed by atoms with van der Waals surface area (Å²) < 4.78 is 0. The molecule has 18 heteroatoms. The third-order valence-electron chi connectivity index (χ3n) is 5.63. The number of nitrogens with zero attached hydrogens (tertiary/aromatic N) is 1. The van der Waals surface area contributed by atoms with Crippen molar-refractivity contribution in [2.45, 2.75) is 70.6 Å². The van der Waals surface area contributed by atoms with E-state index in [9.17, 15) is 43.8 Å². The van der Waals surface area contributed by atoms with Gasteiger partial charge in [0, 0.05) is 12.3 Å². The predicted molar refractivity (Wildman–Crippen MR) is 152 cm³/mol. The Bertz CT molecular complexity index is 1060. The number of carboxylic acid groups (broad SMARTS) is 2. The first kappa shape index (κ1) is 35.9. The van der Waals surface area contributed by atoms with Gasteiger partial charge in [-0.3, -0.25) is 33.8 Å². The molecule has 1 aliphatic rings. The Balaban J connectivity index is 3.31. The standard InChI is InChI=1S/C24H40N8O9S/c1-24(2,3)8-14-21(39)31-12(5-4-6-27-23(25)26)19(37)28-9-16(33)29-13(7-18(35)36)20(38)32-15(22(40)41)10-42-11-17(34)30-14/h12-15H,4-11H2,1-3H3,(H,28,37)(H,29,33)(H,30,34)(H,31,39)(H,32,38)(H,35,36)(H,40,41)(H4,25,26,27)/t12-,13-,14+,15-/m0/s1. The maximum absolute atomic E-state index is 13.3. The highest BCUT2D eigenvalue weighted by Gasteiger charge is 2.32. The monoisotopic (exact) mass is 616 g/mol. The molecule has 4 atom stereocenters. The number of amides is 5. The number of nitrogens with one attached hydrogen (secondary N) is 5. The van der Waals surface area contributed by atoms with Crippen LogP contribution in [0.4, 0.5) is 0 Å². The Morgan fingerprint density at radius 1 is 0.905 bits per heavy atom. The molecule has 236 valence electrons. The summed E-state index contributed by atoms with van der Waals surface area (Å²) in [7, 11) is 0. The number of carboxylic acids is 2. The normalized spacial score (nSPS) is 23.5. The van der Waals surface area contributed by atoms with Crippen molar-refractivity contribution in [3.05, 3.63) is 0 Å². The molecule has 0 spiro atoms. The van der Waals surface area contributed by atoms with Gasteiger partial charge < -0.3 is 48.3 Å². The number of aliphatic imine (C=N–C) groups is 1. The van der Waals surface area contributed by atoms with Crippen LogP contribution in [0.5, 0.6) is 0 Å². The molecular weight excluding hydrogens is 576 g/mol. The Labute approximate surface area is 246 Å². The number of rotatable bonds is 8. The minimum absolute atomic E-state index is 0.0582. The van der Waals surface area contributed by atoms with Crippen molar-refractivity contribution in [2.24, 2.45) is 21.9 Å². The number of carbonyl (C=O) groups excluding carboxylic acids is 5. The number of hydrogen-bond donors (Lipinski definition) is 9. The molecule has 0 aromatic heterocycles. The van der Waals surface area contributed by atoms with Gasteiger partial charge in [0.05, 0.1) is 18.7 Å². The van der Waals surface area contributed by atoms with Crippen LogP contribution < -0.4 is 38.1 Å². The maximum Gasteiger partial charge on any atom is 0.327 e. The Morgan fingerprint density at radius 3 is 2.10 bits per heavy atom. The molecule has 1 rings (SSSR count). The molecular formula is C24H40N8O9S. The summed E-state index contributed by atoms with van der Waals surface area (Å²) in [6, 6.07) is -5.40. The van der Waals surface area contributed by atoms with Gasteiger partial charge in [-0.05, 0) is 24.7 Å². The minimum Gasteiger partial charge on any atom is -0.481 e. The molecule has 0 bridgehead atoms. The summed E-state index contributed by atoms with van der Waals surface area (Å²) in [6.45, 7) is 5.00. The van der Waals surface area contributed by atoms with Crippen molar-refractivity contribution in [3.8, 4) is 0 Å². The van der Waals surface area contributed by atoms with Gasteiger partial charge in [-0.1, -0.05) is 20.8 Å². The van der Waals surface area contributed by atoms with Crippen molar-refractivity contribution in [1.29, 1.82) is 0 Å². The van der Waals surface area contributed by atoms with Gasteiger partial charge in [0.15, 0.2) is 5.96 Å². The van der Waals surface area contributed by atoms with Crippen molar-refractivity contribution in [3.63, 3.8) is 0 Å². The molecule has 0 aromatic rings. The van der Waals surface area contributed by atoms with Crippen LogP contribution in [0, 0.1) is 5.41 Å². The molecule has 0 unspecified atom stereocenters. The lowest BCUT2D eigenvalue weighted by Gasteiger charge is -2.28. The maximum atomic E-state index is 13.3. The number of thioether (sulfide) groups is 1.